The number of para-hydroxylation sites is 1. The maximum absolute atomic E-state index is 10.5. The summed E-state index contributed by atoms with van der Waals surface area (Å²) in [4.78, 5) is 14.3. The molecule has 1 amide bonds. The zero-order valence-electron chi connectivity index (χ0n) is 8.63. The van der Waals surface area contributed by atoms with Crippen LogP contribution in [0.25, 0.3) is 0 Å². The summed E-state index contributed by atoms with van der Waals surface area (Å²) in [6.45, 7) is -0.152. The molecule has 0 aliphatic heterocycles. The molecule has 6 heteroatoms. The van der Waals surface area contributed by atoms with Gasteiger partial charge < -0.3 is 21.9 Å². The van der Waals surface area contributed by atoms with Gasteiger partial charge in [-0.05, 0) is 12.1 Å². The second-order valence-electron chi connectivity index (χ2n) is 3.14. The third kappa shape index (κ3) is 3.97. The lowest BCUT2D eigenvalue weighted by molar-refractivity contribution is -0.125. The molecule has 0 fully saturated rings. The van der Waals surface area contributed by atoms with E-state index in [-0.39, 0.29) is 12.5 Å². The molecular formula is C10H14N4O2. The van der Waals surface area contributed by atoms with Gasteiger partial charge in [0, 0.05) is 5.69 Å². The highest BCUT2D eigenvalue weighted by atomic mass is 16.3. The number of primary amides is 1. The molecule has 6 N–H and O–H groups in total. The zero-order valence-corrected chi connectivity index (χ0v) is 8.63. The van der Waals surface area contributed by atoms with E-state index in [2.05, 4.69) is 10.3 Å². The van der Waals surface area contributed by atoms with Crippen LogP contribution in [0.1, 0.15) is 0 Å². The molecule has 0 aromatic heterocycles. The number of anilines is 1. The van der Waals surface area contributed by atoms with Gasteiger partial charge in [-0.2, -0.15) is 0 Å². The van der Waals surface area contributed by atoms with Crippen LogP contribution < -0.4 is 16.8 Å². The topological polar surface area (TPSA) is 114 Å². The van der Waals surface area contributed by atoms with E-state index in [1.807, 2.05) is 30.3 Å². The first-order chi connectivity index (χ1) is 7.59. The minimum absolute atomic E-state index is 0.117. The van der Waals surface area contributed by atoms with Crippen molar-refractivity contribution in [2.75, 3.05) is 11.9 Å². The van der Waals surface area contributed by atoms with Crippen molar-refractivity contribution < 1.29 is 9.90 Å². The summed E-state index contributed by atoms with van der Waals surface area (Å²) in [5, 5.41) is 11.9. The van der Waals surface area contributed by atoms with E-state index >= 15 is 0 Å². The quantitative estimate of drug-likeness (QED) is 0.397. The van der Waals surface area contributed by atoms with Crippen LogP contribution in [0.15, 0.2) is 35.3 Å². The second kappa shape index (κ2) is 5.72. The number of guanidine groups is 1. The zero-order chi connectivity index (χ0) is 12.0. The molecule has 1 aromatic rings. The van der Waals surface area contributed by atoms with Gasteiger partial charge in [0.25, 0.3) is 0 Å². The lowest BCUT2D eigenvalue weighted by atomic mass is 10.3. The highest BCUT2D eigenvalue weighted by Crippen LogP contribution is 2.03. The van der Waals surface area contributed by atoms with Gasteiger partial charge in [-0.25, -0.2) is 4.99 Å². The van der Waals surface area contributed by atoms with Gasteiger partial charge in [0.15, 0.2) is 12.1 Å². The molecule has 86 valence electrons. The van der Waals surface area contributed by atoms with Gasteiger partial charge in [0.05, 0.1) is 6.54 Å². The predicted molar refractivity (Wildman–Crippen MR) is 61.8 cm³/mol. The number of hydrogen-bond acceptors (Lipinski definition) is 3. The Labute approximate surface area is 93.0 Å². The third-order valence-corrected chi connectivity index (χ3v) is 1.81. The SMILES string of the molecule is NC(=O)C(O)CN=C(N)Nc1ccccc1. The number of benzene rings is 1. The molecule has 6 nitrogen and oxygen atoms in total. The summed E-state index contributed by atoms with van der Waals surface area (Å²) >= 11 is 0. The number of nitrogens with one attached hydrogen (secondary N) is 1. The van der Waals surface area contributed by atoms with Crippen LogP contribution in [0.4, 0.5) is 5.69 Å². The first-order valence-electron chi connectivity index (χ1n) is 4.69. The summed E-state index contributed by atoms with van der Waals surface area (Å²) in [5.74, 6) is -0.706. The van der Waals surface area contributed by atoms with Gasteiger partial charge in [-0.1, -0.05) is 18.2 Å². The number of aliphatic hydroxyl groups excluding tert-OH is 1. The van der Waals surface area contributed by atoms with Crippen LogP contribution in [0.3, 0.4) is 0 Å². The van der Waals surface area contributed by atoms with E-state index in [4.69, 9.17) is 16.6 Å². The molecule has 1 aromatic carbocycles. The van der Waals surface area contributed by atoms with Crippen LogP contribution in [-0.2, 0) is 4.79 Å². The van der Waals surface area contributed by atoms with Crippen molar-refractivity contribution in [1.29, 1.82) is 0 Å². The Morgan fingerprint density at radius 2 is 2.00 bits per heavy atom. The highest BCUT2D eigenvalue weighted by Gasteiger charge is 2.09. The number of rotatable bonds is 4. The molecule has 16 heavy (non-hydrogen) atoms. The van der Waals surface area contributed by atoms with Crippen LogP contribution in [0, 0.1) is 0 Å². The number of aliphatic imine (C=N–C) groups is 1. The summed E-state index contributed by atoms with van der Waals surface area (Å²) in [6, 6.07) is 9.18. The summed E-state index contributed by atoms with van der Waals surface area (Å²) in [7, 11) is 0. The molecule has 0 spiro atoms. The maximum Gasteiger partial charge on any atom is 0.248 e. The molecule has 0 heterocycles. The minimum Gasteiger partial charge on any atom is -0.381 e. The van der Waals surface area contributed by atoms with Crippen LogP contribution in [-0.4, -0.2) is 29.6 Å². The molecule has 0 aliphatic rings. The average molecular weight is 222 g/mol. The van der Waals surface area contributed by atoms with Crippen molar-refractivity contribution in [1.82, 2.24) is 0 Å². The number of carbonyl (C=O) groups is 1. The van der Waals surface area contributed by atoms with E-state index in [9.17, 15) is 4.79 Å². The van der Waals surface area contributed by atoms with E-state index < -0.39 is 12.0 Å². The number of carbonyl (C=O) groups excluding carboxylic acids is 1. The fourth-order valence-electron chi connectivity index (χ4n) is 0.984. The smallest absolute Gasteiger partial charge is 0.248 e. The molecular weight excluding hydrogens is 208 g/mol. The van der Waals surface area contributed by atoms with Gasteiger partial charge in [-0.15, -0.1) is 0 Å². The van der Waals surface area contributed by atoms with Crippen LogP contribution in [0.5, 0.6) is 0 Å². The Kier molecular flexibility index (Phi) is 4.28. The van der Waals surface area contributed by atoms with E-state index in [1.54, 1.807) is 0 Å². The van der Waals surface area contributed by atoms with E-state index in [1.165, 1.54) is 0 Å². The van der Waals surface area contributed by atoms with E-state index in [0.29, 0.717) is 0 Å². The van der Waals surface area contributed by atoms with Crippen molar-refractivity contribution in [3.63, 3.8) is 0 Å². The number of amides is 1. The first-order valence-corrected chi connectivity index (χ1v) is 4.69. The summed E-state index contributed by atoms with van der Waals surface area (Å²) in [6.07, 6.45) is -1.31. The fraction of sp³-hybridized carbons (Fsp3) is 0.200. The molecule has 0 radical (unpaired) electrons. The lowest BCUT2D eigenvalue weighted by Crippen LogP contribution is -2.32. The monoisotopic (exact) mass is 222 g/mol. The summed E-state index contributed by atoms with van der Waals surface area (Å²) < 4.78 is 0. The fourth-order valence-corrected chi connectivity index (χ4v) is 0.984. The standard InChI is InChI=1S/C10H14N4O2/c11-9(16)8(15)6-13-10(12)14-7-4-2-1-3-5-7/h1-5,8,15H,6H2,(H2,11,16)(H3,12,13,14). The number of nitrogens with two attached hydrogens (primary N) is 2. The van der Waals surface area contributed by atoms with Crippen LogP contribution in [0.2, 0.25) is 0 Å². The number of hydrogen-bond donors (Lipinski definition) is 4. The Morgan fingerprint density at radius 3 is 2.56 bits per heavy atom. The lowest BCUT2D eigenvalue weighted by Gasteiger charge is -2.06. The number of nitrogens with zero attached hydrogens (tertiary/aromatic N) is 1. The molecule has 1 unspecified atom stereocenters. The van der Waals surface area contributed by atoms with Gasteiger partial charge in [-0.3, -0.25) is 4.79 Å². The molecule has 0 aliphatic carbocycles. The number of aliphatic hydroxyl groups is 1. The molecule has 1 atom stereocenters. The van der Waals surface area contributed by atoms with Crippen molar-refractivity contribution in [3.05, 3.63) is 30.3 Å². The normalized spacial score (nSPS) is 13.2. The molecule has 1 rings (SSSR count). The Balaban J connectivity index is 2.49. The third-order valence-electron chi connectivity index (χ3n) is 1.81. The van der Waals surface area contributed by atoms with Gasteiger partial charge >= 0.3 is 0 Å². The van der Waals surface area contributed by atoms with Crippen LogP contribution >= 0.6 is 0 Å². The second-order valence-corrected chi connectivity index (χ2v) is 3.14. The predicted octanol–water partition coefficient (Wildman–Crippen LogP) is -0.741. The van der Waals surface area contributed by atoms with E-state index in [0.717, 1.165) is 5.69 Å². The van der Waals surface area contributed by atoms with Gasteiger partial charge in [0.2, 0.25) is 5.91 Å². The maximum atomic E-state index is 10.5. The molecule has 0 saturated carbocycles. The molecule has 0 bridgehead atoms. The Morgan fingerprint density at radius 1 is 1.38 bits per heavy atom. The average Bonchev–Trinajstić information content (AvgIpc) is 2.27. The van der Waals surface area contributed by atoms with Crippen molar-refractivity contribution in [2.45, 2.75) is 6.10 Å². The first kappa shape index (κ1) is 12.0. The summed E-state index contributed by atoms with van der Waals surface area (Å²) in [5.41, 5.74) is 11.2. The van der Waals surface area contributed by atoms with Crippen molar-refractivity contribution in [3.8, 4) is 0 Å². The van der Waals surface area contributed by atoms with Gasteiger partial charge in [0.1, 0.15) is 0 Å². The highest BCUT2D eigenvalue weighted by molar-refractivity contribution is 5.92. The minimum atomic E-state index is -1.31. The van der Waals surface area contributed by atoms with Crippen molar-refractivity contribution >= 4 is 17.6 Å². The largest absolute Gasteiger partial charge is 0.381 e. The Bertz CT molecular complexity index is 378. The Hall–Kier alpha value is -2.08. The van der Waals surface area contributed by atoms with Crippen molar-refractivity contribution in [2.24, 2.45) is 16.5 Å². The molecule has 0 saturated heterocycles.